The molecule has 1 amide bonds. The van der Waals surface area contributed by atoms with Crippen molar-refractivity contribution in [3.8, 4) is 11.5 Å². The summed E-state index contributed by atoms with van der Waals surface area (Å²) in [5.41, 5.74) is 1.40. The Kier molecular flexibility index (Phi) is 6.54. The molecular weight excluding hydrogens is 416 g/mol. The lowest BCUT2D eigenvalue weighted by Gasteiger charge is -2.34. The Morgan fingerprint density at radius 2 is 2.07 bits per heavy atom. The number of hydrogen-bond donors (Lipinski definition) is 1. The normalized spacial score (nSPS) is 16.0. The van der Waals surface area contributed by atoms with Crippen molar-refractivity contribution in [3.63, 3.8) is 0 Å². The molecule has 0 fully saturated rings. The Labute approximate surface area is 175 Å². The van der Waals surface area contributed by atoms with Crippen LogP contribution in [0.25, 0.3) is 0 Å². The first-order valence-corrected chi connectivity index (χ1v) is 11.2. The number of carbonyl (C=O) groups is 1. The van der Waals surface area contributed by atoms with Crippen molar-refractivity contribution in [2.45, 2.75) is 20.0 Å². The van der Waals surface area contributed by atoms with Gasteiger partial charge in [-0.2, -0.15) is 0 Å². The van der Waals surface area contributed by atoms with Crippen molar-refractivity contribution < 1.29 is 22.7 Å². The summed E-state index contributed by atoms with van der Waals surface area (Å²) >= 11 is 6.06. The molecule has 0 aliphatic carbocycles. The molecule has 2 aromatic carbocycles. The first kappa shape index (κ1) is 21.3. The smallest absolute Gasteiger partial charge is 0.263 e. The molecule has 1 atom stereocenters. The van der Waals surface area contributed by atoms with Gasteiger partial charge in [-0.05, 0) is 43.7 Å². The van der Waals surface area contributed by atoms with Crippen LogP contribution < -0.4 is 19.1 Å². The van der Waals surface area contributed by atoms with Crippen LogP contribution in [0, 0.1) is 6.92 Å². The number of halogens is 1. The number of ether oxygens (including phenoxy) is 2. The minimum Gasteiger partial charge on any atom is -0.492 e. The molecule has 0 radical (unpaired) electrons. The number of aryl methyl sites for hydroxylation is 1. The van der Waals surface area contributed by atoms with Crippen molar-refractivity contribution in [1.29, 1.82) is 0 Å². The molecule has 0 aromatic heterocycles. The summed E-state index contributed by atoms with van der Waals surface area (Å²) < 4.78 is 37.5. The molecule has 1 aliphatic rings. The van der Waals surface area contributed by atoms with Gasteiger partial charge in [-0.1, -0.05) is 29.8 Å². The SMILES string of the molecule is CCS(=O)(=O)N1C[C@H](C(=O)NCCOc2ccc(C)c(Cl)c2)Oc2ccccc21. The van der Waals surface area contributed by atoms with Gasteiger partial charge < -0.3 is 14.8 Å². The van der Waals surface area contributed by atoms with Crippen LogP contribution in [0.3, 0.4) is 0 Å². The second-order valence-electron chi connectivity index (χ2n) is 6.56. The summed E-state index contributed by atoms with van der Waals surface area (Å²) in [6.07, 6.45) is -0.944. The van der Waals surface area contributed by atoms with E-state index in [9.17, 15) is 13.2 Å². The number of fused-ring (bicyclic) bond motifs is 1. The van der Waals surface area contributed by atoms with Crippen LogP contribution in [0.5, 0.6) is 11.5 Å². The Balaban J connectivity index is 1.60. The predicted octanol–water partition coefficient (Wildman–Crippen LogP) is 2.76. The number of rotatable bonds is 7. The second-order valence-corrected chi connectivity index (χ2v) is 9.15. The van der Waals surface area contributed by atoms with Gasteiger partial charge in [-0.25, -0.2) is 8.42 Å². The van der Waals surface area contributed by atoms with Gasteiger partial charge in [0.25, 0.3) is 5.91 Å². The van der Waals surface area contributed by atoms with Gasteiger partial charge in [-0.3, -0.25) is 9.10 Å². The summed E-state index contributed by atoms with van der Waals surface area (Å²) in [6.45, 7) is 3.87. The van der Waals surface area contributed by atoms with Gasteiger partial charge in [0.15, 0.2) is 6.10 Å². The maximum absolute atomic E-state index is 12.5. The molecule has 29 heavy (non-hydrogen) atoms. The van der Waals surface area contributed by atoms with E-state index in [1.54, 1.807) is 43.3 Å². The van der Waals surface area contributed by atoms with Crippen molar-refractivity contribution in [2.24, 2.45) is 0 Å². The summed E-state index contributed by atoms with van der Waals surface area (Å²) in [7, 11) is -3.53. The maximum Gasteiger partial charge on any atom is 0.263 e. The number of nitrogens with zero attached hydrogens (tertiary/aromatic N) is 1. The maximum atomic E-state index is 12.5. The Hall–Kier alpha value is -2.45. The van der Waals surface area contributed by atoms with Crippen molar-refractivity contribution >= 4 is 33.2 Å². The van der Waals surface area contributed by atoms with Crippen LogP contribution in [0.15, 0.2) is 42.5 Å². The summed E-state index contributed by atoms with van der Waals surface area (Å²) in [5.74, 6) is 0.503. The third-order valence-corrected chi connectivity index (χ3v) is 6.70. The second kappa shape index (κ2) is 8.92. The van der Waals surface area contributed by atoms with Gasteiger partial charge in [0.1, 0.15) is 18.1 Å². The molecule has 0 bridgehead atoms. The van der Waals surface area contributed by atoms with Gasteiger partial charge in [-0.15, -0.1) is 0 Å². The van der Waals surface area contributed by atoms with Crippen LogP contribution in [-0.4, -0.2) is 45.9 Å². The fourth-order valence-corrected chi connectivity index (χ4v) is 4.17. The summed E-state index contributed by atoms with van der Waals surface area (Å²) in [4.78, 5) is 12.5. The molecule has 1 N–H and O–H groups in total. The lowest BCUT2D eigenvalue weighted by molar-refractivity contribution is -0.127. The first-order valence-electron chi connectivity index (χ1n) is 9.24. The van der Waals surface area contributed by atoms with Crippen LogP contribution in [0.4, 0.5) is 5.69 Å². The van der Waals surface area contributed by atoms with E-state index >= 15 is 0 Å². The zero-order valence-electron chi connectivity index (χ0n) is 16.2. The van der Waals surface area contributed by atoms with Crippen molar-refractivity contribution in [1.82, 2.24) is 5.32 Å². The van der Waals surface area contributed by atoms with Gasteiger partial charge in [0, 0.05) is 5.02 Å². The number of benzene rings is 2. The van der Waals surface area contributed by atoms with Gasteiger partial charge in [0.2, 0.25) is 10.0 Å². The van der Waals surface area contributed by atoms with E-state index in [1.165, 1.54) is 4.31 Å². The minimum atomic E-state index is -3.53. The molecule has 0 saturated heterocycles. The van der Waals surface area contributed by atoms with Gasteiger partial charge >= 0.3 is 0 Å². The lowest BCUT2D eigenvalue weighted by Crippen LogP contribution is -2.51. The zero-order valence-corrected chi connectivity index (χ0v) is 17.8. The van der Waals surface area contributed by atoms with E-state index in [-0.39, 0.29) is 25.4 Å². The summed E-state index contributed by atoms with van der Waals surface area (Å²) in [5, 5.41) is 3.34. The number of anilines is 1. The van der Waals surface area contributed by atoms with Crippen LogP contribution in [-0.2, 0) is 14.8 Å². The van der Waals surface area contributed by atoms with E-state index in [4.69, 9.17) is 21.1 Å². The van der Waals surface area contributed by atoms with E-state index < -0.39 is 22.0 Å². The molecule has 9 heteroatoms. The van der Waals surface area contributed by atoms with Gasteiger partial charge in [0.05, 0.1) is 24.5 Å². The summed E-state index contributed by atoms with van der Waals surface area (Å²) in [6, 6.07) is 12.2. The first-order chi connectivity index (χ1) is 13.8. The molecule has 1 heterocycles. The number of sulfonamides is 1. The predicted molar refractivity (Wildman–Crippen MR) is 112 cm³/mol. The average molecular weight is 439 g/mol. The highest BCUT2D eigenvalue weighted by Gasteiger charge is 2.35. The molecule has 1 aliphatic heterocycles. The van der Waals surface area contributed by atoms with E-state index in [0.29, 0.717) is 22.2 Å². The topological polar surface area (TPSA) is 84.9 Å². The quantitative estimate of drug-likeness (QED) is 0.672. The fourth-order valence-electron chi connectivity index (χ4n) is 2.88. The molecule has 7 nitrogen and oxygen atoms in total. The molecule has 0 unspecified atom stereocenters. The largest absolute Gasteiger partial charge is 0.492 e. The number of amides is 1. The zero-order chi connectivity index (χ0) is 21.0. The monoisotopic (exact) mass is 438 g/mol. The number of hydrogen-bond acceptors (Lipinski definition) is 5. The standard InChI is InChI=1S/C20H23ClN2O5S/c1-3-29(25,26)23-13-19(28-18-7-5-4-6-17(18)23)20(24)22-10-11-27-15-9-8-14(2)16(21)12-15/h4-9,12,19H,3,10-11,13H2,1-2H3,(H,22,24)/t19-/m1/s1. The number of nitrogens with one attached hydrogen (secondary N) is 1. The Morgan fingerprint density at radius 3 is 2.79 bits per heavy atom. The molecule has 0 spiro atoms. The van der Waals surface area contributed by atoms with Crippen LogP contribution >= 0.6 is 11.6 Å². The highest BCUT2D eigenvalue weighted by Crippen LogP contribution is 2.35. The number of para-hydroxylation sites is 2. The highest BCUT2D eigenvalue weighted by atomic mass is 35.5. The van der Waals surface area contributed by atoms with Crippen LogP contribution in [0.1, 0.15) is 12.5 Å². The number of carbonyl (C=O) groups excluding carboxylic acids is 1. The Morgan fingerprint density at radius 1 is 1.31 bits per heavy atom. The van der Waals surface area contributed by atoms with Crippen molar-refractivity contribution in [2.75, 3.05) is 29.8 Å². The van der Waals surface area contributed by atoms with E-state index in [1.807, 2.05) is 13.0 Å². The average Bonchev–Trinajstić information content (AvgIpc) is 2.72. The van der Waals surface area contributed by atoms with Crippen LogP contribution in [0.2, 0.25) is 5.02 Å². The molecule has 2 aromatic rings. The molecule has 3 rings (SSSR count). The fraction of sp³-hybridized carbons (Fsp3) is 0.350. The van der Waals surface area contributed by atoms with E-state index in [2.05, 4.69) is 5.32 Å². The minimum absolute atomic E-state index is 0.0668. The molecular formula is C20H23ClN2O5S. The highest BCUT2D eigenvalue weighted by molar-refractivity contribution is 7.92. The third kappa shape index (κ3) is 4.94. The molecule has 156 valence electrons. The lowest BCUT2D eigenvalue weighted by atomic mass is 10.2. The third-order valence-electron chi connectivity index (χ3n) is 4.54. The van der Waals surface area contributed by atoms with Crippen molar-refractivity contribution in [3.05, 3.63) is 53.1 Å². The molecule has 0 saturated carbocycles. The Bertz CT molecular complexity index is 996. The van der Waals surface area contributed by atoms with E-state index in [0.717, 1.165) is 5.56 Å².